The summed E-state index contributed by atoms with van der Waals surface area (Å²) in [5, 5.41) is 13.0. The Morgan fingerprint density at radius 1 is 1.32 bits per heavy atom. The second-order valence-electron chi connectivity index (χ2n) is 8.60. The van der Waals surface area contributed by atoms with Gasteiger partial charge in [-0.15, -0.1) is 6.42 Å². The lowest BCUT2D eigenvalue weighted by Gasteiger charge is -2.28. The number of aliphatic hydroxyl groups is 1. The van der Waals surface area contributed by atoms with Crippen LogP contribution < -0.4 is 9.61 Å². The number of aromatic amines is 1. The number of terminal acetylenes is 1. The topological polar surface area (TPSA) is 124 Å². The first-order valence-electron chi connectivity index (χ1n) is 11.2. The lowest BCUT2D eigenvalue weighted by Crippen LogP contribution is -2.48. The minimum Gasteiger partial charge on any atom is -0.462 e. The smallest absolute Gasteiger partial charge is 0.459 e. The number of hydrogen-bond donors (Lipinski definition) is 3. The molecule has 38 heavy (non-hydrogen) atoms. The van der Waals surface area contributed by atoms with Crippen LogP contribution in [0, 0.1) is 21.8 Å². The number of halogens is 2. The van der Waals surface area contributed by atoms with E-state index < -0.39 is 56.3 Å². The van der Waals surface area contributed by atoms with Gasteiger partial charge < -0.3 is 24.1 Å². The maximum absolute atomic E-state index is 16.0. The summed E-state index contributed by atoms with van der Waals surface area (Å²) in [5.41, 5.74) is -3.13. The SMILES string of the molecule is C#CC1(F)C(n2ccc(=S)[nH]c2=S)OC(F)(COP(=O)(NC(C)C(=O)OC(C)C)Oc2ccccc2)C1O. The molecule has 0 amide bonds. The molecule has 3 N–H and O–H groups in total. The van der Waals surface area contributed by atoms with Crippen LogP contribution in [0.1, 0.15) is 27.0 Å². The summed E-state index contributed by atoms with van der Waals surface area (Å²) >= 11 is 10.1. The fraction of sp³-hybridized carbons (Fsp3) is 0.435. The number of nitrogens with zero attached hydrogens (tertiary/aromatic N) is 1. The van der Waals surface area contributed by atoms with E-state index in [9.17, 15) is 14.5 Å². The van der Waals surface area contributed by atoms with E-state index >= 15 is 8.78 Å². The molecule has 10 nitrogen and oxygen atoms in total. The summed E-state index contributed by atoms with van der Waals surface area (Å²) in [5.74, 6) is -2.36. The Labute approximate surface area is 227 Å². The molecule has 1 aliphatic heterocycles. The number of ether oxygens (including phenoxy) is 2. The van der Waals surface area contributed by atoms with Gasteiger partial charge in [0.1, 0.15) is 23.0 Å². The third-order valence-electron chi connectivity index (χ3n) is 5.26. The lowest BCUT2D eigenvalue weighted by molar-refractivity contribution is -0.203. The van der Waals surface area contributed by atoms with Crippen molar-refractivity contribution in [3.8, 4) is 18.1 Å². The number of aromatic nitrogens is 2. The number of alkyl halides is 2. The number of rotatable bonds is 10. The Kier molecular flexibility index (Phi) is 9.26. The molecule has 1 fully saturated rings. The number of carbonyl (C=O) groups is 1. The van der Waals surface area contributed by atoms with Crippen molar-refractivity contribution >= 4 is 38.2 Å². The van der Waals surface area contributed by atoms with Gasteiger partial charge in [0.15, 0.2) is 17.1 Å². The predicted octanol–water partition coefficient (Wildman–Crippen LogP) is 4.31. The molecule has 1 aromatic heterocycles. The first-order chi connectivity index (χ1) is 17.7. The molecule has 6 atom stereocenters. The Balaban J connectivity index is 1.90. The van der Waals surface area contributed by atoms with Crippen molar-refractivity contribution < 1.29 is 41.8 Å². The highest BCUT2D eigenvalue weighted by Crippen LogP contribution is 2.51. The Bertz CT molecular complexity index is 1370. The minimum absolute atomic E-state index is 0.0424. The molecule has 2 aromatic rings. The van der Waals surface area contributed by atoms with Crippen molar-refractivity contribution in [1.29, 1.82) is 0 Å². The van der Waals surface area contributed by atoms with Crippen LogP contribution in [0.3, 0.4) is 0 Å². The van der Waals surface area contributed by atoms with Crippen LogP contribution in [0.25, 0.3) is 0 Å². The van der Waals surface area contributed by atoms with Crippen LogP contribution >= 0.6 is 32.2 Å². The van der Waals surface area contributed by atoms with Crippen LogP contribution in [0.15, 0.2) is 42.6 Å². The third-order valence-corrected chi connectivity index (χ3v) is 7.43. The summed E-state index contributed by atoms with van der Waals surface area (Å²) in [6, 6.07) is 7.76. The van der Waals surface area contributed by atoms with Gasteiger partial charge in [0.25, 0.3) is 5.85 Å². The highest BCUT2D eigenvalue weighted by atomic mass is 32.1. The molecule has 0 spiro atoms. The van der Waals surface area contributed by atoms with Gasteiger partial charge in [-0.1, -0.05) is 36.3 Å². The molecule has 1 saturated heterocycles. The zero-order chi connectivity index (χ0) is 28.3. The van der Waals surface area contributed by atoms with Gasteiger partial charge in [-0.05, 0) is 51.2 Å². The second-order valence-corrected chi connectivity index (χ2v) is 11.1. The van der Waals surface area contributed by atoms with Gasteiger partial charge in [0.05, 0.1) is 6.10 Å². The molecule has 0 aliphatic carbocycles. The number of benzene rings is 1. The number of nitrogens with one attached hydrogen (secondary N) is 2. The lowest BCUT2D eigenvalue weighted by atomic mass is 9.96. The van der Waals surface area contributed by atoms with E-state index in [-0.39, 0.29) is 15.2 Å². The molecule has 0 radical (unpaired) electrons. The normalized spacial score (nSPS) is 27.3. The fourth-order valence-electron chi connectivity index (χ4n) is 3.43. The molecule has 1 aliphatic rings. The van der Waals surface area contributed by atoms with Crippen molar-refractivity contribution in [1.82, 2.24) is 14.6 Å². The third kappa shape index (κ3) is 6.55. The molecule has 2 heterocycles. The first-order valence-corrected chi connectivity index (χ1v) is 13.6. The quantitative estimate of drug-likeness (QED) is 0.160. The van der Waals surface area contributed by atoms with Crippen LogP contribution in [0.4, 0.5) is 8.78 Å². The molecule has 6 unspecified atom stereocenters. The molecule has 3 rings (SSSR count). The average molecular weight is 590 g/mol. The van der Waals surface area contributed by atoms with Gasteiger partial charge >= 0.3 is 13.7 Å². The summed E-state index contributed by atoms with van der Waals surface area (Å²) in [7, 11) is -4.58. The number of esters is 1. The predicted molar refractivity (Wildman–Crippen MR) is 138 cm³/mol. The first kappa shape index (κ1) is 30.0. The Morgan fingerprint density at radius 2 is 1.97 bits per heavy atom. The maximum atomic E-state index is 16.0. The van der Waals surface area contributed by atoms with Crippen molar-refractivity contribution in [2.75, 3.05) is 6.61 Å². The summed E-state index contributed by atoms with van der Waals surface area (Å²) in [6.45, 7) is 3.23. The molecule has 15 heteroatoms. The zero-order valence-corrected chi connectivity index (χ0v) is 23.0. The molecule has 0 bridgehead atoms. The number of hydrogen-bond acceptors (Lipinski definition) is 9. The Hall–Kier alpha value is -2.50. The molecular weight excluding hydrogens is 563 g/mol. The minimum atomic E-state index is -4.58. The van der Waals surface area contributed by atoms with E-state index in [0.717, 1.165) is 4.57 Å². The fourth-order valence-corrected chi connectivity index (χ4v) is 5.42. The van der Waals surface area contributed by atoms with Crippen molar-refractivity contribution in [2.24, 2.45) is 0 Å². The molecule has 1 aromatic carbocycles. The molecule has 0 saturated carbocycles. The van der Waals surface area contributed by atoms with Crippen molar-refractivity contribution in [3.05, 3.63) is 52.0 Å². The van der Waals surface area contributed by atoms with Gasteiger partial charge in [-0.2, -0.15) is 5.09 Å². The van der Waals surface area contributed by atoms with Crippen LogP contribution in [-0.4, -0.2) is 57.0 Å². The van der Waals surface area contributed by atoms with Crippen molar-refractivity contribution in [3.63, 3.8) is 0 Å². The van der Waals surface area contributed by atoms with Gasteiger partial charge in [0, 0.05) is 6.20 Å². The van der Waals surface area contributed by atoms with Crippen LogP contribution in [-0.2, 0) is 23.4 Å². The standard InChI is InChI=1S/C23H26F2N3O7PS2/c1-5-22(24)19(30)23(25,34-20(22)28-12-11-17(37)26-21(28)38)13-32-36(31,35-16-9-7-6-8-10-16)27-15(4)18(29)33-14(2)3/h1,6-12,14-15,19-20,30H,13H2,2-4H3,(H,27,31)(H,26,37,38). The number of carbonyl (C=O) groups excluding carboxylic acids is 1. The second kappa shape index (κ2) is 11.7. The summed E-state index contributed by atoms with van der Waals surface area (Å²) in [4.78, 5) is 14.9. The molecule has 206 valence electrons. The van der Waals surface area contributed by atoms with Crippen LogP contribution in [0.2, 0.25) is 0 Å². The number of aliphatic hydroxyl groups excluding tert-OH is 1. The number of H-pyrrole nitrogens is 1. The van der Waals surface area contributed by atoms with E-state index in [4.69, 9.17) is 49.4 Å². The van der Waals surface area contributed by atoms with E-state index in [1.807, 2.05) is 0 Å². The highest BCUT2D eigenvalue weighted by Gasteiger charge is 2.67. The largest absolute Gasteiger partial charge is 0.462 e. The monoisotopic (exact) mass is 589 g/mol. The van der Waals surface area contributed by atoms with E-state index in [2.05, 4.69) is 10.1 Å². The van der Waals surface area contributed by atoms with Gasteiger partial charge in [-0.3, -0.25) is 13.9 Å². The van der Waals surface area contributed by atoms with Gasteiger partial charge in [-0.25, -0.2) is 13.3 Å². The van der Waals surface area contributed by atoms with E-state index in [1.54, 1.807) is 38.0 Å². The summed E-state index contributed by atoms with van der Waals surface area (Å²) < 4.78 is 67.3. The van der Waals surface area contributed by atoms with E-state index in [1.165, 1.54) is 31.3 Å². The number of para-hydroxylation sites is 1. The summed E-state index contributed by atoms with van der Waals surface area (Å²) in [6.07, 6.45) is 1.50. The van der Waals surface area contributed by atoms with Gasteiger partial charge in [0.2, 0.25) is 5.67 Å². The Morgan fingerprint density at radius 3 is 2.55 bits per heavy atom. The van der Waals surface area contributed by atoms with Crippen molar-refractivity contribution in [2.45, 2.75) is 56.8 Å². The van der Waals surface area contributed by atoms with Crippen LogP contribution in [0.5, 0.6) is 5.75 Å². The average Bonchev–Trinajstić information content (AvgIpc) is 3.05. The zero-order valence-electron chi connectivity index (χ0n) is 20.5. The highest BCUT2D eigenvalue weighted by molar-refractivity contribution is 7.72. The molecular formula is C23H26F2N3O7PS2. The van der Waals surface area contributed by atoms with E-state index in [0.29, 0.717) is 0 Å². The maximum Gasteiger partial charge on any atom is 0.459 e.